The molecule has 5 nitrogen and oxygen atoms in total. The summed E-state index contributed by atoms with van der Waals surface area (Å²) in [5.41, 5.74) is 7.29. The Hall–Kier alpha value is -1.88. The number of nitrogens with zero attached hydrogens (tertiary/aromatic N) is 2. The zero-order valence-corrected chi connectivity index (χ0v) is 8.34. The third kappa shape index (κ3) is 1.82. The molecule has 0 fully saturated rings. The van der Waals surface area contributed by atoms with Gasteiger partial charge in [-0.15, -0.1) is 0 Å². The second-order valence-corrected chi connectivity index (χ2v) is 3.41. The summed E-state index contributed by atoms with van der Waals surface area (Å²) >= 11 is 0. The van der Waals surface area contributed by atoms with Crippen LogP contribution in [0.25, 0.3) is 5.69 Å². The van der Waals surface area contributed by atoms with Crippen LogP contribution in [0.4, 0.5) is 0 Å². The van der Waals surface area contributed by atoms with Crippen LogP contribution in [0.2, 0.25) is 0 Å². The molecule has 2 rings (SSSR count). The van der Waals surface area contributed by atoms with E-state index < -0.39 is 0 Å². The maximum absolute atomic E-state index is 11.3. The third-order valence-electron chi connectivity index (χ3n) is 2.25. The SMILES string of the molecule is CC(N)c1ccc(-n2cn[nH]c2=O)cc1. The average Bonchev–Trinajstić information content (AvgIpc) is 2.65. The summed E-state index contributed by atoms with van der Waals surface area (Å²) in [6.07, 6.45) is 1.45. The normalized spacial score (nSPS) is 12.7. The van der Waals surface area contributed by atoms with Gasteiger partial charge < -0.3 is 5.73 Å². The van der Waals surface area contributed by atoms with Crippen LogP contribution in [-0.4, -0.2) is 14.8 Å². The van der Waals surface area contributed by atoms with E-state index in [1.54, 1.807) is 0 Å². The van der Waals surface area contributed by atoms with Gasteiger partial charge in [0.2, 0.25) is 0 Å². The highest BCUT2D eigenvalue weighted by Crippen LogP contribution is 2.12. The van der Waals surface area contributed by atoms with Gasteiger partial charge in [0.1, 0.15) is 6.33 Å². The van der Waals surface area contributed by atoms with Crippen molar-refractivity contribution in [3.05, 3.63) is 46.6 Å². The quantitative estimate of drug-likeness (QED) is 0.751. The first-order valence-corrected chi connectivity index (χ1v) is 4.66. The zero-order chi connectivity index (χ0) is 10.8. The van der Waals surface area contributed by atoms with Crippen LogP contribution in [0, 0.1) is 0 Å². The Kier molecular flexibility index (Phi) is 2.39. The second kappa shape index (κ2) is 3.70. The molecule has 0 aliphatic carbocycles. The highest BCUT2D eigenvalue weighted by atomic mass is 16.1. The minimum atomic E-state index is -0.247. The van der Waals surface area contributed by atoms with Crippen LogP contribution in [-0.2, 0) is 0 Å². The minimum absolute atomic E-state index is 0.000113. The van der Waals surface area contributed by atoms with Crippen LogP contribution in [0.3, 0.4) is 0 Å². The van der Waals surface area contributed by atoms with Gasteiger partial charge in [-0.3, -0.25) is 0 Å². The molecule has 78 valence electrons. The molecule has 0 aliphatic rings. The molecule has 2 aromatic rings. The van der Waals surface area contributed by atoms with E-state index in [1.807, 2.05) is 31.2 Å². The van der Waals surface area contributed by atoms with Crippen molar-refractivity contribution in [2.24, 2.45) is 5.73 Å². The Morgan fingerprint density at radius 1 is 1.40 bits per heavy atom. The van der Waals surface area contributed by atoms with Crippen molar-refractivity contribution in [1.29, 1.82) is 0 Å². The summed E-state index contributed by atoms with van der Waals surface area (Å²) in [6, 6.07) is 7.49. The summed E-state index contributed by atoms with van der Waals surface area (Å²) in [4.78, 5) is 11.3. The summed E-state index contributed by atoms with van der Waals surface area (Å²) in [5, 5.41) is 5.99. The van der Waals surface area contributed by atoms with Crippen LogP contribution in [0.15, 0.2) is 35.4 Å². The first kappa shape index (κ1) is 9.67. The Bertz CT molecular complexity index is 495. The lowest BCUT2D eigenvalue weighted by atomic mass is 10.1. The van der Waals surface area contributed by atoms with Crippen molar-refractivity contribution < 1.29 is 0 Å². The Labute approximate surface area is 86.5 Å². The van der Waals surface area contributed by atoms with Crippen molar-refractivity contribution in [3.63, 3.8) is 0 Å². The molecule has 0 spiro atoms. The van der Waals surface area contributed by atoms with Crippen LogP contribution >= 0.6 is 0 Å². The number of nitrogens with two attached hydrogens (primary N) is 1. The van der Waals surface area contributed by atoms with E-state index in [-0.39, 0.29) is 11.7 Å². The Morgan fingerprint density at radius 2 is 2.07 bits per heavy atom. The molecule has 1 aromatic heterocycles. The highest BCUT2D eigenvalue weighted by molar-refractivity contribution is 5.34. The molecular formula is C10H12N4O. The van der Waals surface area contributed by atoms with E-state index in [2.05, 4.69) is 10.2 Å². The van der Waals surface area contributed by atoms with Gasteiger partial charge in [-0.2, -0.15) is 5.10 Å². The molecule has 5 heteroatoms. The minimum Gasteiger partial charge on any atom is -0.324 e. The lowest BCUT2D eigenvalue weighted by Gasteiger charge is -2.06. The predicted octanol–water partition coefficient (Wildman–Crippen LogP) is 0.580. The van der Waals surface area contributed by atoms with Crippen molar-refractivity contribution in [1.82, 2.24) is 14.8 Å². The first-order valence-electron chi connectivity index (χ1n) is 4.66. The van der Waals surface area contributed by atoms with Gasteiger partial charge in [0.05, 0.1) is 5.69 Å². The summed E-state index contributed by atoms with van der Waals surface area (Å²) < 4.78 is 1.44. The lowest BCUT2D eigenvalue weighted by molar-refractivity contribution is 0.817. The molecule has 1 unspecified atom stereocenters. The maximum Gasteiger partial charge on any atom is 0.347 e. The molecule has 1 heterocycles. The smallest absolute Gasteiger partial charge is 0.324 e. The Morgan fingerprint density at radius 3 is 2.53 bits per heavy atom. The highest BCUT2D eigenvalue weighted by Gasteiger charge is 2.02. The molecule has 0 radical (unpaired) electrons. The van der Waals surface area contributed by atoms with Gasteiger partial charge in [-0.25, -0.2) is 14.5 Å². The number of aromatic nitrogens is 3. The monoisotopic (exact) mass is 204 g/mol. The zero-order valence-electron chi connectivity index (χ0n) is 8.34. The molecule has 15 heavy (non-hydrogen) atoms. The average molecular weight is 204 g/mol. The van der Waals surface area contributed by atoms with Gasteiger partial charge >= 0.3 is 5.69 Å². The molecule has 0 saturated heterocycles. The first-order chi connectivity index (χ1) is 7.18. The van der Waals surface area contributed by atoms with Crippen molar-refractivity contribution >= 4 is 0 Å². The third-order valence-corrected chi connectivity index (χ3v) is 2.25. The summed E-state index contributed by atoms with van der Waals surface area (Å²) in [7, 11) is 0. The van der Waals surface area contributed by atoms with Gasteiger partial charge in [0.25, 0.3) is 0 Å². The van der Waals surface area contributed by atoms with E-state index >= 15 is 0 Å². The molecule has 0 saturated carbocycles. The summed E-state index contributed by atoms with van der Waals surface area (Å²) in [6.45, 7) is 1.92. The van der Waals surface area contributed by atoms with Crippen molar-refractivity contribution in [2.45, 2.75) is 13.0 Å². The number of hydrogen-bond donors (Lipinski definition) is 2. The second-order valence-electron chi connectivity index (χ2n) is 3.41. The van der Waals surface area contributed by atoms with Gasteiger partial charge in [-0.05, 0) is 24.6 Å². The number of rotatable bonds is 2. The van der Waals surface area contributed by atoms with Crippen LogP contribution in [0.1, 0.15) is 18.5 Å². The molecule has 0 amide bonds. The largest absolute Gasteiger partial charge is 0.347 e. The standard InChI is InChI=1S/C10H12N4O/c1-7(11)8-2-4-9(5-3-8)14-6-12-13-10(14)15/h2-7H,11H2,1H3,(H,13,15). The Balaban J connectivity index is 2.40. The molecule has 3 N–H and O–H groups in total. The van der Waals surface area contributed by atoms with Crippen molar-refractivity contribution in [2.75, 3.05) is 0 Å². The van der Waals surface area contributed by atoms with Gasteiger partial charge in [0, 0.05) is 6.04 Å². The maximum atomic E-state index is 11.3. The number of nitrogens with one attached hydrogen (secondary N) is 1. The predicted molar refractivity (Wildman–Crippen MR) is 56.8 cm³/mol. The fourth-order valence-electron chi connectivity index (χ4n) is 1.37. The van der Waals surface area contributed by atoms with Crippen molar-refractivity contribution in [3.8, 4) is 5.69 Å². The molecular weight excluding hydrogens is 192 g/mol. The number of benzene rings is 1. The van der Waals surface area contributed by atoms with E-state index in [1.165, 1.54) is 10.9 Å². The van der Waals surface area contributed by atoms with E-state index in [0.717, 1.165) is 11.3 Å². The fourth-order valence-corrected chi connectivity index (χ4v) is 1.37. The number of aromatic amines is 1. The van der Waals surface area contributed by atoms with E-state index in [0.29, 0.717) is 0 Å². The topological polar surface area (TPSA) is 76.7 Å². The molecule has 1 aromatic carbocycles. The molecule has 1 atom stereocenters. The van der Waals surface area contributed by atoms with Crippen LogP contribution < -0.4 is 11.4 Å². The van der Waals surface area contributed by atoms with E-state index in [9.17, 15) is 4.79 Å². The van der Waals surface area contributed by atoms with Crippen LogP contribution in [0.5, 0.6) is 0 Å². The molecule has 0 bridgehead atoms. The van der Waals surface area contributed by atoms with E-state index in [4.69, 9.17) is 5.73 Å². The fraction of sp³-hybridized carbons (Fsp3) is 0.200. The molecule has 0 aliphatic heterocycles. The summed E-state index contributed by atoms with van der Waals surface area (Å²) in [5.74, 6) is 0. The number of hydrogen-bond acceptors (Lipinski definition) is 3. The lowest BCUT2D eigenvalue weighted by Crippen LogP contribution is -2.14. The van der Waals surface area contributed by atoms with Gasteiger partial charge in [0.15, 0.2) is 0 Å². The number of H-pyrrole nitrogens is 1. The van der Waals surface area contributed by atoms with Gasteiger partial charge in [-0.1, -0.05) is 12.1 Å².